The fourth-order valence-corrected chi connectivity index (χ4v) is 3.44. The highest BCUT2D eigenvalue weighted by Crippen LogP contribution is 2.05. The lowest BCUT2D eigenvalue weighted by Crippen LogP contribution is -2.60. The first-order valence-electron chi connectivity index (χ1n) is 10.8. The van der Waals surface area contributed by atoms with Gasteiger partial charge in [-0.25, -0.2) is 9.78 Å². The lowest BCUT2D eigenvalue weighted by atomic mass is 10.1. The Hall–Kier alpha value is -3.17. The Bertz CT molecular complexity index is 866. The molecule has 1 rings (SSSR count). The number of carboxylic acid groups (broad SMARTS) is 1. The second-order valence-corrected chi connectivity index (χ2v) is 8.85. The number of hydrogen-bond donors (Lipinski definition) is 8. The van der Waals surface area contributed by atoms with Gasteiger partial charge in [-0.2, -0.15) is 11.8 Å². The number of thioether (sulfide) groups is 1. The van der Waals surface area contributed by atoms with Gasteiger partial charge in [0.05, 0.1) is 18.5 Å². The van der Waals surface area contributed by atoms with Crippen molar-refractivity contribution < 1.29 is 34.2 Å². The average molecular weight is 516 g/mol. The van der Waals surface area contributed by atoms with Crippen molar-refractivity contribution in [3.05, 3.63) is 18.2 Å². The van der Waals surface area contributed by atoms with Crippen LogP contribution in [0.2, 0.25) is 0 Å². The lowest BCUT2D eigenvalue weighted by molar-refractivity contribution is -0.142. The highest BCUT2D eigenvalue weighted by Gasteiger charge is 2.32. The number of aromatic nitrogens is 2. The van der Waals surface area contributed by atoms with Gasteiger partial charge in [0.1, 0.15) is 18.1 Å². The Morgan fingerprint density at radius 2 is 1.74 bits per heavy atom. The van der Waals surface area contributed by atoms with E-state index in [0.29, 0.717) is 17.9 Å². The van der Waals surface area contributed by atoms with Crippen molar-refractivity contribution in [1.29, 1.82) is 0 Å². The number of carbonyl (C=O) groups is 5. The highest BCUT2D eigenvalue weighted by molar-refractivity contribution is 7.98. The van der Waals surface area contributed by atoms with Crippen LogP contribution in [0.3, 0.4) is 0 Å². The first kappa shape index (κ1) is 29.9. The molecular formula is C20H33N7O7S. The van der Waals surface area contributed by atoms with Crippen LogP contribution in [-0.4, -0.2) is 92.1 Å². The van der Waals surface area contributed by atoms with Crippen LogP contribution in [0.1, 0.15) is 31.9 Å². The third kappa shape index (κ3) is 10.7. The minimum Gasteiger partial charge on any atom is -0.480 e. The van der Waals surface area contributed by atoms with Crippen molar-refractivity contribution in [2.45, 2.75) is 62.9 Å². The number of rotatable bonds is 16. The number of primary amides is 1. The Balaban J connectivity index is 2.95. The van der Waals surface area contributed by atoms with Crippen LogP contribution in [0.4, 0.5) is 0 Å². The number of nitrogens with two attached hydrogens (primary N) is 2. The van der Waals surface area contributed by atoms with Crippen LogP contribution in [0, 0.1) is 0 Å². The second-order valence-electron chi connectivity index (χ2n) is 7.86. The van der Waals surface area contributed by atoms with E-state index in [0.717, 1.165) is 0 Å². The van der Waals surface area contributed by atoms with E-state index in [1.165, 1.54) is 31.2 Å². The summed E-state index contributed by atoms with van der Waals surface area (Å²) in [4.78, 5) is 67.4. The van der Waals surface area contributed by atoms with Gasteiger partial charge in [0.25, 0.3) is 0 Å². The lowest BCUT2D eigenvalue weighted by Gasteiger charge is -2.26. The molecule has 0 saturated carbocycles. The summed E-state index contributed by atoms with van der Waals surface area (Å²) in [7, 11) is 0. The molecule has 0 aliphatic heterocycles. The van der Waals surface area contributed by atoms with E-state index in [9.17, 15) is 34.2 Å². The van der Waals surface area contributed by atoms with Crippen molar-refractivity contribution in [1.82, 2.24) is 25.9 Å². The zero-order chi connectivity index (χ0) is 26.5. The summed E-state index contributed by atoms with van der Waals surface area (Å²) in [5, 5.41) is 26.5. The van der Waals surface area contributed by atoms with Crippen LogP contribution in [-0.2, 0) is 30.4 Å². The summed E-state index contributed by atoms with van der Waals surface area (Å²) in [6.07, 6.45) is 2.95. The van der Waals surface area contributed by atoms with E-state index in [1.807, 2.05) is 6.26 Å². The Morgan fingerprint density at radius 1 is 1.09 bits per heavy atom. The number of nitrogens with zero attached hydrogens (tertiary/aromatic N) is 1. The maximum Gasteiger partial charge on any atom is 0.326 e. The Morgan fingerprint density at radius 3 is 2.26 bits per heavy atom. The van der Waals surface area contributed by atoms with E-state index in [1.54, 1.807) is 0 Å². The van der Waals surface area contributed by atoms with E-state index >= 15 is 0 Å². The number of nitrogens with one attached hydrogen (secondary N) is 4. The van der Waals surface area contributed by atoms with Crippen molar-refractivity contribution in [3.8, 4) is 0 Å². The van der Waals surface area contributed by atoms with Gasteiger partial charge in [0.2, 0.25) is 23.6 Å². The molecule has 35 heavy (non-hydrogen) atoms. The van der Waals surface area contributed by atoms with Crippen molar-refractivity contribution in [2.24, 2.45) is 11.5 Å². The highest BCUT2D eigenvalue weighted by atomic mass is 32.2. The predicted octanol–water partition coefficient (Wildman–Crippen LogP) is -2.78. The fourth-order valence-electron chi connectivity index (χ4n) is 2.95. The number of hydrogen-bond acceptors (Lipinski definition) is 9. The Labute approximate surface area is 206 Å². The van der Waals surface area contributed by atoms with Gasteiger partial charge >= 0.3 is 5.97 Å². The summed E-state index contributed by atoms with van der Waals surface area (Å²) in [6.45, 7) is 1.27. The maximum absolute atomic E-state index is 12.8. The van der Waals surface area contributed by atoms with Gasteiger partial charge in [-0.05, 0) is 31.8 Å². The van der Waals surface area contributed by atoms with Gasteiger partial charge in [0.15, 0.2) is 0 Å². The molecule has 1 aromatic heterocycles. The number of imidazole rings is 1. The third-order valence-corrected chi connectivity index (χ3v) is 5.58. The van der Waals surface area contributed by atoms with Gasteiger partial charge in [-0.3, -0.25) is 19.2 Å². The minimum atomic E-state index is -1.45. The number of aromatic amines is 1. The molecule has 0 spiro atoms. The van der Waals surface area contributed by atoms with Crippen molar-refractivity contribution in [2.75, 3.05) is 12.0 Å². The first-order chi connectivity index (χ1) is 16.5. The minimum absolute atomic E-state index is 0.113. The van der Waals surface area contributed by atoms with E-state index in [4.69, 9.17) is 11.5 Å². The molecular weight excluding hydrogens is 482 g/mol. The molecule has 10 N–H and O–H groups in total. The molecule has 14 nitrogen and oxygen atoms in total. The molecule has 5 atom stereocenters. The van der Waals surface area contributed by atoms with Gasteiger partial charge in [-0.1, -0.05) is 0 Å². The number of carbonyl (C=O) groups excluding carboxylic acids is 4. The number of aliphatic hydroxyl groups is 1. The van der Waals surface area contributed by atoms with Crippen LogP contribution < -0.4 is 27.4 Å². The number of carboxylic acids is 1. The zero-order valence-corrected chi connectivity index (χ0v) is 20.3. The summed E-state index contributed by atoms with van der Waals surface area (Å²) >= 11 is 1.49. The van der Waals surface area contributed by atoms with Crippen molar-refractivity contribution in [3.63, 3.8) is 0 Å². The molecule has 5 unspecified atom stereocenters. The molecule has 0 aromatic carbocycles. The molecule has 196 valence electrons. The first-order valence-corrected chi connectivity index (χ1v) is 12.2. The average Bonchev–Trinajstić information content (AvgIpc) is 3.30. The molecule has 0 aliphatic rings. The van der Waals surface area contributed by atoms with Crippen LogP contribution >= 0.6 is 11.8 Å². The summed E-state index contributed by atoms with van der Waals surface area (Å²) in [6, 6.07) is -5.10. The van der Waals surface area contributed by atoms with E-state index in [2.05, 4.69) is 25.9 Å². The quantitative estimate of drug-likeness (QED) is 0.112. The number of amides is 4. The summed E-state index contributed by atoms with van der Waals surface area (Å²) in [5.74, 6) is -3.94. The molecule has 1 aromatic rings. The molecule has 15 heteroatoms. The van der Waals surface area contributed by atoms with Crippen LogP contribution in [0.25, 0.3) is 0 Å². The standard InChI is InChI=1S/C20H33N7O7S/c1-10(28)16(27-17(30)12(21)5-6-35-2)19(32)25-13(3-4-15(22)29)18(31)26-14(20(33)34)7-11-8-23-9-24-11/h8-10,12-14,16,28H,3-7,21H2,1-2H3,(H2,22,29)(H,23,24)(H,25,32)(H,26,31)(H,27,30)(H,33,34). The monoisotopic (exact) mass is 515 g/mol. The second kappa shape index (κ2) is 15.0. The molecule has 0 bridgehead atoms. The van der Waals surface area contributed by atoms with E-state index < -0.39 is 59.9 Å². The topological polar surface area (TPSA) is 243 Å². The molecule has 4 amide bonds. The molecule has 0 aliphatic carbocycles. The Kier molecular flexibility index (Phi) is 12.8. The van der Waals surface area contributed by atoms with Crippen LogP contribution in [0.15, 0.2) is 12.5 Å². The van der Waals surface area contributed by atoms with Gasteiger partial charge in [0, 0.05) is 24.7 Å². The number of H-pyrrole nitrogens is 1. The molecule has 0 fully saturated rings. The molecule has 0 radical (unpaired) electrons. The SMILES string of the molecule is CSCCC(N)C(=O)NC(C(=O)NC(CCC(N)=O)C(=O)NC(Cc1cnc[nH]1)C(=O)O)C(C)O. The third-order valence-electron chi connectivity index (χ3n) is 4.94. The molecule has 1 heterocycles. The largest absolute Gasteiger partial charge is 0.480 e. The number of aliphatic carboxylic acids is 1. The van der Waals surface area contributed by atoms with Crippen LogP contribution in [0.5, 0.6) is 0 Å². The normalized spacial score (nSPS) is 15.2. The maximum atomic E-state index is 12.8. The fraction of sp³-hybridized carbons (Fsp3) is 0.600. The van der Waals surface area contributed by atoms with Gasteiger partial charge in [-0.15, -0.1) is 0 Å². The van der Waals surface area contributed by atoms with Crippen molar-refractivity contribution >= 4 is 41.4 Å². The van der Waals surface area contributed by atoms with E-state index in [-0.39, 0.29) is 19.3 Å². The molecule has 0 saturated heterocycles. The smallest absolute Gasteiger partial charge is 0.326 e. The zero-order valence-electron chi connectivity index (χ0n) is 19.5. The van der Waals surface area contributed by atoms with Gasteiger partial charge < -0.3 is 42.6 Å². The summed E-state index contributed by atoms with van der Waals surface area (Å²) < 4.78 is 0. The predicted molar refractivity (Wildman–Crippen MR) is 127 cm³/mol. The summed E-state index contributed by atoms with van der Waals surface area (Å²) in [5.41, 5.74) is 11.4. The number of aliphatic hydroxyl groups excluding tert-OH is 1.